The number of amides is 1. The van der Waals surface area contributed by atoms with Crippen molar-refractivity contribution in [2.24, 2.45) is 0 Å². The fourth-order valence-corrected chi connectivity index (χ4v) is 4.51. The maximum atomic E-state index is 12.8. The number of hydrogen-bond acceptors (Lipinski definition) is 6. The van der Waals surface area contributed by atoms with Gasteiger partial charge in [0.25, 0.3) is 5.91 Å². The van der Waals surface area contributed by atoms with E-state index in [1.807, 2.05) is 13.1 Å². The molecule has 9 heteroatoms. The lowest BCUT2D eigenvalue weighted by Gasteiger charge is -2.31. The molecular formula is C21H27N3O5S. The first-order valence-corrected chi connectivity index (χ1v) is 11.1. The van der Waals surface area contributed by atoms with Crippen LogP contribution in [-0.2, 0) is 14.8 Å². The average molecular weight is 434 g/mol. The predicted molar refractivity (Wildman–Crippen MR) is 114 cm³/mol. The molecule has 3 rings (SSSR count). The number of carbonyl (C=O) groups is 1. The smallest absolute Gasteiger partial charge is 0.265 e. The molecule has 1 amide bonds. The third kappa shape index (κ3) is 5.10. The van der Waals surface area contributed by atoms with Gasteiger partial charge in [-0.3, -0.25) is 4.79 Å². The van der Waals surface area contributed by atoms with Gasteiger partial charge in [-0.25, -0.2) is 8.42 Å². The SMILES string of the molecule is COc1ccccc1O[C@H](C)C(=O)Nc1ccc(S(=O)(=O)N2CCN(C)CC2)cc1. The van der Waals surface area contributed by atoms with E-state index in [0.717, 1.165) is 0 Å². The standard InChI is InChI=1S/C21H27N3O5S/c1-16(29-20-7-5-4-6-19(20)28-3)21(25)22-17-8-10-18(11-9-17)30(26,27)24-14-12-23(2)13-15-24/h4-11,16H,12-15H2,1-3H3,(H,22,25)/t16-/m1/s1. The molecule has 2 aromatic rings. The Labute approximate surface area is 177 Å². The highest BCUT2D eigenvalue weighted by Crippen LogP contribution is 2.27. The van der Waals surface area contributed by atoms with Gasteiger partial charge >= 0.3 is 0 Å². The van der Waals surface area contributed by atoms with Crippen LogP contribution in [0.5, 0.6) is 11.5 Å². The molecule has 1 saturated heterocycles. The predicted octanol–water partition coefficient (Wildman–Crippen LogP) is 2.04. The number of likely N-dealkylation sites (N-methyl/N-ethyl adjacent to an activating group) is 1. The second-order valence-electron chi connectivity index (χ2n) is 7.13. The molecule has 1 aliphatic rings. The third-order valence-corrected chi connectivity index (χ3v) is 6.88. The van der Waals surface area contributed by atoms with E-state index in [1.165, 1.54) is 23.5 Å². The Morgan fingerprint density at radius 3 is 2.20 bits per heavy atom. The minimum absolute atomic E-state index is 0.211. The summed E-state index contributed by atoms with van der Waals surface area (Å²) in [6, 6.07) is 13.3. The maximum absolute atomic E-state index is 12.8. The summed E-state index contributed by atoms with van der Waals surface area (Å²) in [5.41, 5.74) is 0.493. The highest BCUT2D eigenvalue weighted by molar-refractivity contribution is 7.89. The van der Waals surface area contributed by atoms with E-state index in [2.05, 4.69) is 10.2 Å². The number of para-hydroxylation sites is 2. The van der Waals surface area contributed by atoms with E-state index in [-0.39, 0.29) is 10.8 Å². The highest BCUT2D eigenvalue weighted by atomic mass is 32.2. The van der Waals surface area contributed by atoms with Crippen molar-refractivity contribution in [1.29, 1.82) is 0 Å². The van der Waals surface area contributed by atoms with Crippen LogP contribution in [0.2, 0.25) is 0 Å². The van der Waals surface area contributed by atoms with Gasteiger partial charge in [-0.05, 0) is 50.4 Å². The number of nitrogens with zero attached hydrogens (tertiary/aromatic N) is 2. The van der Waals surface area contributed by atoms with E-state index in [1.54, 1.807) is 37.3 Å². The molecule has 162 valence electrons. The van der Waals surface area contributed by atoms with Crippen LogP contribution < -0.4 is 14.8 Å². The quantitative estimate of drug-likeness (QED) is 0.719. The van der Waals surface area contributed by atoms with Crippen molar-refractivity contribution in [1.82, 2.24) is 9.21 Å². The van der Waals surface area contributed by atoms with Crippen molar-refractivity contribution in [3.05, 3.63) is 48.5 Å². The van der Waals surface area contributed by atoms with Crippen LogP contribution in [0, 0.1) is 0 Å². The van der Waals surface area contributed by atoms with E-state index in [9.17, 15) is 13.2 Å². The molecule has 0 bridgehead atoms. The molecule has 30 heavy (non-hydrogen) atoms. The van der Waals surface area contributed by atoms with Gasteiger partial charge in [0.05, 0.1) is 12.0 Å². The molecule has 1 N–H and O–H groups in total. The monoisotopic (exact) mass is 433 g/mol. The average Bonchev–Trinajstić information content (AvgIpc) is 2.74. The van der Waals surface area contributed by atoms with Crippen LogP contribution in [0.4, 0.5) is 5.69 Å². The molecule has 1 aliphatic heterocycles. The zero-order valence-corrected chi connectivity index (χ0v) is 18.2. The van der Waals surface area contributed by atoms with Gasteiger partial charge in [-0.1, -0.05) is 12.1 Å². The number of ether oxygens (including phenoxy) is 2. The van der Waals surface area contributed by atoms with Gasteiger partial charge < -0.3 is 19.7 Å². The lowest BCUT2D eigenvalue weighted by atomic mass is 10.3. The fraction of sp³-hybridized carbons (Fsp3) is 0.381. The van der Waals surface area contributed by atoms with Crippen LogP contribution in [0.25, 0.3) is 0 Å². The fourth-order valence-electron chi connectivity index (χ4n) is 3.09. The van der Waals surface area contributed by atoms with Gasteiger partial charge in [0.1, 0.15) is 0 Å². The number of hydrogen-bond donors (Lipinski definition) is 1. The number of benzene rings is 2. The Morgan fingerprint density at radius 1 is 1.00 bits per heavy atom. The lowest BCUT2D eigenvalue weighted by Crippen LogP contribution is -2.46. The van der Waals surface area contributed by atoms with Gasteiger partial charge in [-0.15, -0.1) is 0 Å². The summed E-state index contributed by atoms with van der Waals surface area (Å²) in [4.78, 5) is 14.8. The zero-order chi connectivity index (χ0) is 21.7. The largest absolute Gasteiger partial charge is 0.493 e. The Morgan fingerprint density at radius 2 is 1.60 bits per heavy atom. The van der Waals surface area contributed by atoms with E-state index >= 15 is 0 Å². The Bertz CT molecular complexity index is 970. The van der Waals surface area contributed by atoms with Gasteiger partial charge in [0.15, 0.2) is 17.6 Å². The molecule has 1 atom stereocenters. The number of methoxy groups -OCH3 is 1. The van der Waals surface area contributed by atoms with E-state index < -0.39 is 16.1 Å². The molecular weight excluding hydrogens is 406 g/mol. The zero-order valence-electron chi connectivity index (χ0n) is 17.4. The first-order valence-electron chi connectivity index (χ1n) is 9.70. The Balaban J connectivity index is 1.63. The van der Waals surface area contributed by atoms with Crippen molar-refractivity contribution in [3.8, 4) is 11.5 Å². The topological polar surface area (TPSA) is 88.2 Å². The molecule has 1 fully saturated rings. The third-order valence-electron chi connectivity index (χ3n) is 4.96. The minimum Gasteiger partial charge on any atom is -0.493 e. The highest BCUT2D eigenvalue weighted by Gasteiger charge is 2.27. The van der Waals surface area contributed by atoms with Crippen LogP contribution in [0.15, 0.2) is 53.4 Å². The normalized spacial score (nSPS) is 16.6. The van der Waals surface area contributed by atoms with Gasteiger partial charge in [0, 0.05) is 31.9 Å². The molecule has 0 aromatic heterocycles. The van der Waals surface area contributed by atoms with Crippen molar-refractivity contribution in [2.45, 2.75) is 17.9 Å². The first kappa shape index (κ1) is 22.1. The summed E-state index contributed by atoms with van der Waals surface area (Å²) in [5.74, 6) is 0.655. The van der Waals surface area contributed by atoms with Crippen LogP contribution in [-0.4, -0.2) is 70.0 Å². The van der Waals surface area contributed by atoms with Crippen molar-refractivity contribution < 1.29 is 22.7 Å². The number of nitrogens with one attached hydrogen (secondary N) is 1. The number of sulfonamides is 1. The summed E-state index contributed by atoms with van der Waals surface area (Å²) in [5, 5.41) is 2.74. The number of rotatable bonds is 7. The van der Waals surface area contributed by atoms with Crippen molar-refractivity contribution >= 4 is 21.6 Å². The van der Waals surface area contributed by atoms with Crippen LogP contribution in [0.1, 0.15) is 6.92 Å². The Kier molecular flexibility index (Phi) is 6.96. The van der Waals surface area contributed by atoms with Crippen LogP contribution in [0.3, 0.4) is 0 Å². The summed E-state index contributed by atoms with van der Waals surface area (Å²) in [6.45, 7) is 3.98. The molecule has 0 saturated carbocycles. The van der Waals surface area contributed by atoms with E-state index in [0.29, 0.717) is 43.4 Å². The number of anilines is 1. The molecule has 8 nitrogen and oxygen atoms in total. The van der Waals surface area contributed by atoms with Gasteiger partial charge in [-0.2, -0.15) is 4.31 Å². The molecule has 0 spiro atoms. The van der Waals surface area contributed by atoms with Gasteiger partial charge in [0.2, 0.25) is 10.0 Å². The summed E-state index contributed by atoms with van der Waals surface area (Å²) in [6.07, 6.45) is -0.768. The molecule has 0 aliphatic carbocycles. The molecule has 0 unspecified atom stereocenters. The first-order chi connectivity index (χ1) is 14.3. The molecule has 0 radical (unpaired) electrons. The maximum Gasteiger partial charge on any atom is 0.265 e. The number of carbonyl (C=O) groups excluding carboxylic acids is 1. The van der Waals surface area contributed by atoms with Crippen molar-refractivity contribution in [3.63, 3.8) is 0 Å². The summed E-state index contributed by atoms with van der Waals surface area (Å²) in [7, 11) is -0.0354. The molecule has 1 heterocycles. The summed E-state index contributed by atoms with van der Waals surface area (Å²) < 4.78 is 38.0. The van der Waals surface area contributed by atoms with Crippen LogP contribution >= 0.6 is 0 Å². The second kappa shape index (κ2) is 9.46. The second-order valence-corrected chi connectivity index (χ2v) is 9.07. The summed E-state index contributed by atoms with van der Waals surface area (Å²) >= 11 is 0. The van der Waals surface area contributed by atoms with E-state index in [4.69, 9.17) is 9.47 Å². The molecule has 2 aromatic carbocycles. The number of piperazine rings is 1. The minimum atomic E-state index is -3.54. The van der Waals surface area contributed by atoms with Crippen molar-refractivity contribution in [2.75, 3.05) is 45.7 Å². The Hall–Kier alpha value is -2.62. The lowest BCUT2D eigenvalue weighted by molar-refractivity contribution is -0.122.